The van der Waals surface area contributed by atoms with E-state index >= 15 is 0 Å². The van der Waals surface area contributed by atoms with E-state index in [0.717, 1.165) is 10.8 Å². The molecule has 4 aromatic rings. The van der Waals surface area contributed by atoms with Gasteiger partial charge in [-0.05, 0) is 59.3 Å². The largest absolute Gasteiger partial charge is 0.508 e. The maximum absolute atomic E-state index is 12.7. The van der Waals surface area contributed by atoms with Crippen LogP contribution in [0.5, 0.6) is 17.2 Å². The summed E-state index contributed by atoms with van der Waals surface area (Å²) in [7, 11) is 0. The van der Waals surface area contributed by atoms with Gasteiger partial charge >= 0.3 is 11.9 Å². The Morgan fingerprint density at radius 3 is 2.14 bits per heavy atom. The van der Waals surface area contributed by atoms with Crippen LogP contribution in [0.1, 0.15) is 20.7 Å². The SMILES string of the molecule is O=C(Oc1ccccc1C(=O)Oc1ccc2ccccc2c1)c1ccc(O)cc1. The first-order chi connectivity index (χ1) is 14.1. The first-order valence-electron chi connectivity index (χ1n) is 8.91. The molecule has 4 aromatic carbocycles. The number of hydrogen-bond acceptors (Lipinski definition) is 5. The Bertz CT molecular complexity index is 1200. The maximum atomic E-state index is 12.7. The lowest BCUT2D eigenvalue weighted by molar-refractivity contribution is 0.0707. The fraction of sp³-hybridized carbons (Fsp3) is 0. The minimum atomic E-state index is -0.643. The number of carbonyl (C=O) groups is 2. The van der Waals surface area contributed by atoms with Crippen LogP contribution in [-0.4, -0.2) is 17.0 Å². The molecule has 1 N–H and O–H groups in total. The summed E-state index contributed by atoms with van der Waals surface area (Å²) in [5.41, 5.74) is 0.383. The van der Waals surface area contributed by atoms with E-state index in [-0.39, 0.29) is 22.6 Å². The van der Waals surface area contributed by atoms with Crippen LogP contribution in [0, 0.1) is 0 Å². The second-order valence-corrected chi connectivity index (χ2v) is 6.33. The molecule has 4 rings (SSSR count). The predicted molar refractivity (Wildman–Crippen MR) is 108 cm³/mol. The lowest BCUT2D eigenvalue weighted by atomic mass is 10.1. The van der Waals surface area contributed by atoms with Crippen molar-refractivity contribution in [3.8, 4) is 17.2 Å². The molecule has 0 spiro atoms. The number of phenols is 1. The average Bonchev–Trinajstić information content (AvgIpc) is 2.74. The maximum Gasteiger partial charge on any atom is 0.347 e. The van der Waals surface area contributed by atoms with Crippen LogP contribution in [0.2, 0.25) is 0 Å². The molecule has 5 nitrogen and oxygen atoms in total. The summed E-state index contributed by atoms with van der Waals surface area (Å²) in [6.07, 6.45) is 0. The molecule has 0 atom stereocenters. The van der Waals surface area contributed by atoms with Crippen LogP contribution in [0.25, 0.3) is 10.8 Å². The van der Waals surface area contributed by atoms with Crippen molar-refractivity contribution in [3.63, 3.8) is 0 Å². The van der Waals surface area contributed by atoms with Gasteiger partial charge in [-0.25, -0.2) is 9.59 Å². The molecule has 0 aromatic heterocycles. The quantitative estimate of drug-likeness (QED) is 0.397. The molecule has 142 valence electrons. The van der Waals surface area contributed by atoms with Crippen molar-refractivity contribution in [1.82, 2.24) is 0 Å². The van der Waals surface area contributed by atoms with E-state index < -0.39 is 11.9 Å². The summed E-state index contributed by atoms with van der Waals surface area (Å²) in [5, 5.41) is 11.3. The summed E-state index contributed by atoms with van der Waals surface area (Å²) in [4.78, 5) is 25.0. The van der Waals surface area contributed by atoms with Gasteiger partial charge in [-0.3, -0.25) is 0 Å². The molecule has 0 aliphatic heterocycles. The number of hydrogen-bond donors (Lipinski definition) is 1. The topological polar surface area (TPSA) is 72.8 Å². The van der Waals surface area contributed by atoms with E-state index in [2.05, 4.69) is 0 Å². The Balaban J connectivity index is 1.55. The molecular formula is C24H16O5. The molecule has 0 heterocycles. The summed E-state index contributed by atoms with van der Waals surface area (Å²) in [5.74, 6) is -0.740. The third kappa shape index (κ3) is 4.09. The van der Waals surface area contributed by atoms with Crippen LogP contribution in [0.15, 0.2) is 91.0 Å². The summed E-state index contributed by atoms with van der Waals surface area (Å²) in [6.45, 7) is 0. The monoisotopic (exact) mass is 384 g/mol. The number of phenolic OH excluding ortho intramolecular Hbond substituents is 1. The highest BCUT2D eigenvalue weighted by atomic mass is 16.5. The van der Waals surface area contributed by atoms with E-state index in [0.29, 0.717) is 5.75 Å². The molecule has 0 aliphatic rings. The van der Waals surface area contributed by atoms with Gasteiger partial charge in [-0.2, -0.15) is 0 Å². The number of para-hydroxylation sites is 1. The molecule has 0 aliphatic carbocycles. The normalized spacial score (nSPS) is 10.5. The molecule has 0 unspecified atom stereocenters. The van der Waals surface area contributed by atoms with Crippen molar-refractivity contribution in [2.75, 3.05) is 0 Å². The predicted octanol–water partition coefficient (Wildman–Crippen LogP) is 4.98. The van der Waals surface area contributed by atoms with E-state index in [1.54, 1.807) is 24.3 Å². The van der Waals surface area contributed by atoms with Crippen LogP contribution in [-0.2, 0) is 0 Å². The number of ether oxygens (including phenoxy) is 2. The Labute approximate surface area is 166 Å². The molecule has 0 bridgehead atoms. The lowest BCUT2D eigenvalue weighted by Crippen LogP contribution is -2.14. The Morgan fingerprint density at radius 1 is 0.655 bits per heavy atom. The van der Waals surface area contributed by atoms with Gasteiger partial charge in [-0.15, -0.1) is 0 Å². The third-order valence-corrected chi connectivity index (χ3v) is 4.34. The van der Waals surface area contributed by atoms with Crippen LogP contribution >= 0.6 is 0 Å². The van der Waals surface area contributed by atoms with Gasteiger partial charge in [0.15, 0.2) is 0 Å². The van der Waals surface area contributed by atoms with Gasteiger partial charge in [0.05, 0.1) is 5.56 Å². The van der Waals surface area contributed by atoms with Crippen LogP contribution < -0.4 is 9.47 Å². The zero-order valence-corrected chi connectivity index (χ0v) is 15.2. The van der Waals surface area contributed by atoms with Crippen molar-refractivity contribution in [2.45, 2.75) is 0 Å². The van der Waals surface area contributed by atoms with Gasteiger partial charge < -0.3 is 14.6 Å². The van der Waals surface area contributed by atoms with E-state index in [1.807, 2.05) is 30.3 Å². The Hall–Kier alpha value is -4.12. The Kier molecular flexibility index (Phi) is 4.95. The fourth-order valence-electron chi connectivity index (χ4n) is 2.87. The zero-order chi connectivity index (χ0) is 20.2. The number of benzene rings is 4. The number of carbonyl (C=O) groups excluding carboxylic acids is 2. The molecule has 0 amide bonds. The number of fused-ring (bicyclic) bond motifs is 1. The van der Waals surface area contributed by atoms with Gasteiger partial charge in [-0.1, -0.05) is 42.5 Å². The van der Waals surface area contributed by atoms with Crippen molar-refractivity contribution in [1.29, 1.82) is 0 Å². The smallest absolute Gasteiger partial charge is 0.347 e. The van der Waals surface area contributed by atoms with Crippen molar-refractivity contribution in [2.24, 2.45) is 0 Å². The summed E-state index contributed by atoms with van der Waals surface area (Å²) >= 11 is 0. The Morgan fingerprint density at radius 2 is 1.34 bits per heavy atom. The van der Waals surface area contributed by atoms with Crippen LogP contribution in [0.3, 0.4) is 0 Å². The second kappa shape index (κ2) is 7.86. The highest BCUT2D eigenvalue weighted by molar-refractivity contribution is 5.97. The minimum absolute atomic E-state index is 0.0425. The molecule has 29 heavy (non-hydrogen) atoms. The molecular weight excluding hydrogens is 368 g/mol. The van der Waals surface area contributed by atoms with Crippen LogP contribution in [0.4, 0.5) is 0 Å². The molecule has 5 heteroatoms. The molecule has 0 fully saturated rings. The van der Waals surface area contributed by atoms with Gasteiger partial charge in [0.2, 0.25) is 0 Å². The van der Waals surface area contributed by atoms with E-state index in [9.17, 15) is 14.7 Å². The fourth-order valence-corrected chi connectivity index (χ4v) is 2.87. The first kappa shape index (κ1) is 18.3. The van der Waals surface area contributed by atoms with Gasteiger partial charge in [0.1, 0.15) is 22.8 Å². The first-order valence-corrected chi connectivity index (χ1v) is 8.91. The summed E-state index contributed by atoms with van der Waals surface area (Å²) < 4.78 is 10.9. The van der Waals surface area contributed by atoms with Gasteiger partial charge in [0.25, 0.3) is 0 Å². The minimum Gasteiger partial charge on any atom is -0.508 e. The van der Waals surface area contributed by atoms with E-state index in [4.69, 9.17) is 9.47 Å². The molecule has 0 saturated heterocycles. The summed E-state index contributed by atoms with van der Waals surface area (Å²) in [6, 6.07) is 25.1. The lowest BCUT2D eigenvalue weighted by Gasteiger charge is -2.10. The van der Waals surface area contributed by atoms with Crippen molar-refractivity contribution < 1.29 is 24.2 Å². The zero-order valence-electron chi connectivity index (χ0n) is 15.2. The molecule has 0 saturated carbocycles. The third-order valence-electron chi connectivity index (χ3n) is 4.34. The van der Waals surface area contributed by atoms with Crippen molar-refractivity contribution >= 4 is 22.7 Å². The number of esters is 2. The van der Waals surface area contributed by atoms with Gasteiger partial charge in [0, 0.05) is 0 Å². The number of rotatable bonds is 4. The highest BCUT2D eigenvalue weighted by Crippen LogP contribution is 2.25. The second-order valence-electron chi connectivity index (χ2n) is 6.33. The average molecular weight is 384 g/mol. The van der Waals surface area contributed by atoms with Crippen molar-refractivity contribution in [3.05, 3.63) is 102 Å². The standard InChI is InChI=1S/C24H16O5/c25-19-12-9-17(10-13-19)23(26)29-22-8-4-3-7-21(22)24(27)28-20-14-11-16-5-1-2-6-18(16)15-20/h1-15,25H. The highest BCUT2D eigenvalue weighted by Gasteiger charge is 2.18. The van der Waals surface area contributed by atoms with E-state index in [1.165, 1.54) is 36.4 Å². The molecule has 0 radical (unpaired) electrons. The number of aromatic hydroxyl groups is 1.